The second kappa shape index (κ2) is 8.45. The van der Waals surface area contributed by atoms with E-state index >= 15 is 0 Å². The van der Waals surface area contributed by atoms with Crippen LogP contribution >= 0.6 is 23.2 Å². The van der Waals surface area contributed by atoms with Crippen molar-refractivity contribution in [2.75, 3.05) is 16.8 Å². The van der Waals surface area contributed by atoms with Crippen molar-refractivity contribution >= 4 is 40.7 Å². The molecule has 6 heteroatoms. The average Bonchev–Trinajstić information content (AvgIpc) is 2.63. The van der Waals surface area contributed by atoms with Gasteiger partial charge in [0.15, 0.2) is 0 Å². The number of amides is 1. The topological polar surface area (TPSA) is 41.6 Å². The zero-order valence-electron chi connectivity index (χ0n) is 17.6. The van der Waals surface area contributed by atoms with Crippen molar-refractivity contribution in [2.24, 2.45) is 0 Å². The van der Waals surface area contributed by atoms with Gasteiger partial charge in [0.2, 0.25) is 0 Å². The minimum absolute atomic E-state index is 0.0589. The molecular weight excluding hydrogens is 407 g/mol. The Kier molecular flexibility index (Phi) is 6.35. The highest BCUT2D eigenvalue weighted by Crippen LogP contribution is 2.45. The largest absolute Gasteiger partial charge is 0.444 e. The number of carbonyl (C=O) groups is 1. The Hall–Kier alpha value is -1.91. The Morgan fingerprint density at radius 1 is 1.28 bits per heavy atom. The highest BCUT2D eigenvalue weighted by atomic mass is 35.5. The third-order valence-electron chi connectivity index (χ3n) is 5.65. The van der Waals surface area contributed by atoms with Crippen molar-refractivity contribution in [3.05, 3.63) is 57.1 Å². The molecule has 1 amide bonds. The van der Waals surface area contributed by atoms with E-state index < -0.39 is 6.09 Å². The number of hydrogen-bond donors (Lipinski definition) is 1. The molecule has 2 aromatic rings. The maximum absolute atomic E-state index is 12.4. The quantitative estimate of drug-likeness (QED) is 0.554. The van der Waals surface area contributed by atoms with E-state index in [2.05, 4.69) is 50.0 Å². The summed E-state index contributed by atoms with van der Waals surface area (Å²) < 4.78 is 5.37. The second-order valence-electron chi connectivity index (χ2n) is 8.32. The zero-order chi connectivity index (χ0) is 21.3. The molecule has 0 saturated heterocycles. The van der Waals surface area contributed by atoms with E-state index in [1.54, 1.807) is 18.2 Å². The summed E-state index contributed by atoms with van der Waals surface area (Å²) in [6, 6.07) is 9.34. The van der Waals surface area contributed by atoms with Gasteiger partial charge in [0.1, 0.15) is 6.61 Å². The molecule has 3 rings (SSSR count). The predicted molar refractivity (Wildman–Crippen MR) is 122 cm³/mol. The average molecular weight is 435 g/mol. The highest BCUT2D eigenvalue weighted by molar-refractivity contribution is 6.33. The molecule has 1 N–H and O–H groups in total. The highest BCUT2D eigenvalue weighted by Gasteiger charge is 2.35. The van der Waals surface area contributed by atoms with Crippen LogP contribution in [-0.2, 0) is 11.3 Å². The number of anilines is 2. The Morgan fingerprint density at radius 3 is 2.69 bits per heavy atom. The molecule has 1 atom stereocenters. The van der Waals surface area contributed by atoms with Crippen LogP contribution in [0.5, 0.6) is 0 Å². The van der Waals surface area contributed by atoms with E-state index in [1.807, 2.05) is 6.92 Å². The summed E-state index contributed by atoms with van der Waals surface area (Å²) in [5.74, 6) is 0.408. The Morgan fingerprint density at radius 2 is 2.00 bits per heavy atom. The first kappa shape index (κ1) is 21.8. The van der Waals surface area contributed by atoms with Gasteiger partial charge in [0, 0.05) is 39.1 Å². The lowest BCUT2D eigenvalue weighted by molar-refractivity contribution is 0.155. The van der Waals surface area contributed by atoms with Crippen LogP contribution in [0, 0.1) is 6.92 Å². The number of benzene rings is 2. The lowest BCUT2D eigenvalue weighted by Crippen LogP contribution is -2.48. The first-order chi connectivity index (χ1) is 13.6. The van der Waals surface area contributed by atoms with Gasteiger partial charge >= 0.3 is 6.09 Å². The van der Waals surface area contributed by atoms with E-state index in [-0.39, 0.29) is 12.1 Å². The van der Waals surface area contributed by atoms with Crippen LogP contribution in [0.1, 0.15) is 56.7 Å². The molecule has 1 aliphatic heterocycles. The molecule has 1 aliphatic rings. The van der Waals surface area contributed by atoms with Crippen LogP contribution in [0.25, 0.3) is 0 Å². The number of fused-ring (bicyclic) bond motifs is 1. The van der Waals surface area contributed by atoms with Crippen molar-refractivity contribution in [2.45, 2.75) is 59.1 Å². The first-order valence-electron chi connectivity index (χ1n) is 9.92. The van der Waals surface area contributed by atoms with E-state index in [0.717, 1.165) is 24.2 Å². The molecule has 4 nitrogen and oxygen atoms in total. The number of nitrogens with zero attached hydrogens (tertiary/aromatic N) is 1. The number of rotatable bonds is 4. The van der Waals surface area contributed by atoms with Gasteiger partial charge in [-0.2, -0.15) is 0 Å². The van der Waals surface area contributed by atoms with E-state index in [4.69, 9.17) is 27.9 Å². The molecule has 0 spiro atoms. The van der Waals surface area contributed by atoms with E-state index in [0.29, 0.717) is 21.5 Å². The Labute approximate surface area is 183 Å². The van der Waals surface area contributed by atoms with E-state index in [1.165, 1.54) is 11.3 Å². The first-order valence-corrected chi connectivity index (χ1v) is 10.7. The molecule has 2 aromatic carbocycles. The third-order valence-corrected chi connectivity index (χ3v) is 6.26. The number of halogens is 2. The van der Waals surface area contributed by atoms with Crippen molar-refractivity contribution in [3.63, 3.8) is 0 Å². The normalized spacial score (nSPS) is 17.6. The summed E-state index contributed by atoms with van der Waals surface area (Å²) >= 11 is 12.1. The standard InChI is InChI=1S/C23H28Cl2N2O2/c1-6-27-21-9-14(2)20(11-18(21)15(3)12-23(27,4)5)26-22(28)29-13-16-10-17(24)7-8-19(16)25/h7-11,15H,6,12-13H2,1-5H3,(H,26,28). The molecule has 0 aromatic heterocycles. The molecular formula is C23H28Cl2N2O2. The van der Waals surface area contributed by atoms with Crippen LogP contribution in [0.2, 0.25) is 10.0 Å². The third kappa shape index (κ3) is 4.65. The lowest BCUT2D eigenvalue weighted by atomic mass is 9.79. The smallest absolute Gasteiger partial charge is 0.411 e. The fourth-order valence-electron chi connectivity index (χ4n) is 4.31. The van der Waals surface area contributed by atoms with Crippen LogP contribution in [-0.4, -0.2) is 18.2 Å². The van der Waals surface area contributed by atoms with E-state index in [9.17, 15) is 4.79 Å². The molecule has 0 bridgehead atoms. The molecule has 29 heavy (non-hydrogen) atoms. The van der Waals surface area contributed by atoms with Gasteiger partial charge in [-0.05, 0) is 81.5 Å². The van der Waals surface area contributed by atoms with Crippen molar-refractivity contribution in [3.8, 4) is 0 Å². The van der Waals surface area contributed by atoms with Crippen molar-refractivity contribution in [1.82, 2.24) is 0 Å². The summed E-state index contributed by atoms with van der Waals surface area (Å²) in [7, 11) is 0. The van der Waals surface area contributed by atoms with Gasteiger partial charge in [0.05, 0.1) is 0 Å². The molecule has 0 saturated carbocycles. The minimum atomic E-state index is -0.514. The molecule has 1 heterocycles. The SMILES string of the molecule is CCN1c2cc(C)c(NC(=O)OCc3cc(Cl)ccc3Cl)cc2C(C)CC1(C)C. The van der Waals surface area contributed by atoms with Gasteiger partial charge in [-0.15, -0.1) is 0 Å². The summed E-state index contributed by atoms with van der Waals surface area (Å²) in [5.41, 5.74) is 5.06. The van der Waals surface area contributed by atoms with Gasteiger partial charge < -0.3 is 9.64 Å². The van der Waals surface area contributed by atoms with Crippen molar-refractivity contribution in [1.29, 1.82) is 0 Å². The number of aryl methyl sites for hydroxylation is 1. The molecule has 156 valence electrons. The molecule has 1 unspecified atom stereocenters. The maximum Gasteiger partial charge on any atom is 0.411 e. The van der Waals surface area contributed by atoms with Crippen molar-refractivity contribution < 1.29 is 9.53 Å². The van der Waals surface area contributed by atoms with Crippen LogP contribution < -0.4 is 10.2 Å². The Bertz CT molecular complexity index is 927. The number of hydrogen-bond acceptors (Lipinski definition) is 3. The number of nitrogens with one attached hydrogen (secondary N) is 1. The fraction of sp³-hybridized carbons (Fsp3) is 0.435. The monoisotopic (exact) mass is 434 g/mol. The van der Waals surface area contributed by atoms with Gasteiger partial charge in [-0.3, -0.25) is 5.32 Å². The summed E-state index contributed by atoms with van der Waals surface area (Å²) in [4.78, 5) is 14.8. The van der Waals surface area contributed by atoms with Crippen LogP contribution in [0.15, 0.2) is 30.3 Å². The Balaban J connectivity index is 1.77. The van der Waals surface area contributed by atoms with Crippen LogP contribution in [0.4, 0.5) is 16.2 Å². The van der Waals surface area contributed by atoms with Gasteiger partial charge in [0.25, 0.3) is 0 Å². The summed E-state index contributed by atoms with van der Waals surface area (Å²) in [6.45, 7) is 12.0. The lowest BCUT2D eigenvalue weighted by Gasteiger charge is -2.47. The zero-order valence-corrected chi connectivity index (χ0v) is 19.1. The molecule has 0 fully saturated rings. The van der Waals surface area contributed by atoms with Gasteiger partial charge in [-0.1, -0.05) is 30.1 Å². The van der Waals surface area contributed by atoms with Crippen LogP contribution in [0.3, 0.4) is 0 Å². The second-order valence-corrected chi connectivity index (χ2v) is 9.17. The molecule has 0 aliphatic carbocycles. The molecule has 0 radical (unpaired) electrons. The maximum atomic E-state index is 12.4. The minimum Gasteiger partial charge on any atom is -0.444 e. The number of ether oxygens (including phenoxy) is 1. The fourth-order valence-corrected chi connectivity index (χ4v) is 4.68. The summed E-state index contributed by atoms with van der Waals surface area (Å²) in [6.07, 6.45) is 0.550. The predicted octanol–water partition coefficient (Wildman–Crippen LogP) is 7.16. The number of carbonyl (C=O) groups excluding carboxylic acids is 1. The van der Waals surface area contributed by atoms with Gasteiger partial charge in [-0.25, -0.2) is 4.79 Å². The summed E-state index contributed by atoms with van der Waals surface area (Å²) in [5, 5.41) is 3.95.